The molecule has 0 aliphatic heterocycles. The lowest BCUT2D eigenvalue weighted by Gasteiger charge is -2.29. The Hall–Kier alpha value is -1.06. The van der Waals surface area contributed by atoms with Gasteiger partial charge in [0, 0.05) is 5.02 Å². The van der Waals surface area contributed by atoms with Gasteiger partial charge in [-0.3, -0.25) is 5.32 Å². The number of carbonyl (C=O) groups is 1. The molecule has 1 aromatic carbocycles. The minimum atomic E-state index is -0.871. The third-order valence-electron chi connectivity index (χ3n) is 2.86. The Morgan fingerprint density at radius 2 is 2.17 bits per heavy atom. The van der Waals surface area contributed by atoms with Gasteiger partial charge in [-0.15, -0.1) is 0 Å². The zero-order valence-corrected chi connectivity index (χ0v) is 12.0. The monoisotopic (exact) mass is 269 g/mol. The van der Waals surface area contributed by atoms with Crippen LogP contribution in [0.4, 0.5) is 0 Å². The molecule has 0 radical (unpaired) electrons. The van der Waals surface area contributed by atoms with Crippen molar-refractivity contribution in [3.8, 4) is 0 Å². The van der Waals surface area contributed by atoms with Crippen molar-refractivity contribution in [1.29, 1.82) is 0 Å². The molecule has 0 bridgehead atoms. The molecular formula is C14H20ClNO2. The number of hydrogen-bond donors (Lipinski definition) is 1. The average molecular weight is 270 g/mol. The molecule has 0 aromatic heterocycles. The van der Waals surface area contributed by atoms with Crippen LogP contribution in [0.25, 0.3) is 0 Å². The molecule has 1 unspecified atom stereocenters. The van der Waals surface area contributed by atoms with E-state index in [0.29, 0.717) is 10.9 Å². The first kappa shape index (κ1) is 15.0. The van der Waals surface area contributed by atoms with Crippen LogP contribution in [-0.2, 0) is 15.1 Å². The van der Waals surface area contributed by atoms with Crippen molar-refractivity contribution in [3.05, 3.63) is 34.9 Å². The molecule has 0 saturated heterocycles. The van der Waals surface area contributed by atoms with E-state index in [-0.39, 0.29) is 5.97 Å². The SMILES string of the molecule is COC(=O)C(C)(NCC(C)C)c1cccc(Cl)c1. The lowest BCUT2D eigenvalue weighted by molar-refractivity contribution is -0.148. The molecule has 0 heterocycles. The number of benzene rings is 1. The molecule has 1 rings (SSSR count). The number of hydrogen-bond acceptors (Lipinski definition) is 3. The minimum Gasteiger partial charge on any atom is -0.467 e. The maximum atomic E-state index is 12.0. The first-order valence-corrected chi connectivity index (χ1v) is 6.37. The van der Waals surface area contributed by atoms with E-state index >= 15 is 0 Å². The quantitative estimate of drug-likeness (QED) is 0.835. The fourth-order valence-corrected chi connectivity index (χ4v) is 1.89. The van der Waals surface area contributed by atoms with Gasteiger partial charge in [-0.05, 0) is 37.1 Å². The van der Waals surface area contributed by atoms with Crippen molar-refractivity contribution in [2.45, 2.75) is 26.3 Å². The van der Waals surface area contributed by atoms with E-state index in [1.807, 2.05) is 19.1 Å². The number of methoxy groups -OCH3 is 1. The first-order valence-electron chi connectivity index (χ1n) is 5.99. The van der Waals surface area contributed by atoms with E-state index in [1.165, 1.54) is 7.11 Å². The third kappa shape index (κ3) is 3.47. The highest BCUT2D eigenvalue weighted by Crippen LogP contribution is 2.25. The molecule has 100 valence electrons. The van der Waals surface area contributed by atoms with Crippen LogP contribution in [0.3, 0.4) is 0 Å². The summed E-state index contributed by atoms with van der Waals surface area (Å²) in [5, 5.41) is 3.86. The lowest BCUT2D eigenvalue weighted by atomic mass is 9.91. The molecule has 0 fully saturated rings. The van der Waals surface area contributed by atoms with Crippen LogP contribution in [0.1, 0.15) is 26.3 Å². The van der Waals surface area contributed by atoms with Gasteiger partial charge >= 0.3 is 5.97 Å². The topological polar surface area (TPSA) is 38.3 Å². The van der Waals surface area contributed by atoms with Crippen molar-refractivity contribution in [1.82, 2.24) is 5.32 Å². The number of carbonyl (C=O) groups excluding carboxylic acids is 1. The summed E-state index contributed by atoms with van der Waals surface area (Å²) in [4.78, 5) is 12.0. The van der Waals surface area contributed by atoms with Gasteiger partial charge in [0.1, 0.15) is 5.54 Å². The third-order valence-corrected chi connectivity index (χ3v) is 3.09. The zero-order valence-electron chi connectivity index (χ0n) is 11.3. The molecule has 1 atom stereocenters. The Bertz CT molecular complexity index is 420. The number of halogens is 1. The van der Waals surface area contributed by atoms with Gasteiger partial charge in [-0.1, -0.05) is 37.6 Å². The molecule has 1 N–H and O–H groups in total. The summed E-state index contributed by atoms with van der Waals surface area (Å²) in [7, 11) is 1.39. The average Bonchev–Trinajstić information content (AvgIpc) is 2.34. The summed E-state index contributed by atoms with van der Waals surface area (Å²) in [5.74, 6) is 0.124. The van der Waals surface area contributed by atoms with Crippen molar-refractivity contribution in [2.75, 3.05) is 13.7 Å². The largest absolute Gasteiger partial charge is 0.467 e. The van der Waals surface area contributed by atoms with Gasteiger partial charge in [0.25, 0.3) is 0 Å². The predicted molar refractivity (Wildman–Crippen MR) is 73.7 cm³/mol. The molecule has 0 amide bonds. The van der Waals surface area contributed by atoms with Crippen molar-refractivity contribution in [3.63, 3.8) is 0 Å². The second-order valence-corrected chi connectivity index (χ2v) is 5.34. The van der Waals surface area contributed by atoms with Gasteiger partial charge in [0.15, 0.2) is 0 Å². The normalized spacial score (nSPS) is 14.3. The van der Waals surface area contributed by atoms with Crippen molar-refractivity contribution >= 4 is 17.6 Å². The number of nitrogens with one attached hydrogen (secondary N) is 1. The first-order chi connectivity index (χ1) is 8.40. The van der Waals surface area contributed by atoms with E-state index in [4.69, 9.17) is 16.3 Å². The maximum absolute atomic E-state index is 12.0. The Kier molecular flexibility index (Phi) is 5.17. The Morgan fingerprint density at radius 1 is 1.50 bits per heavy atom. The number of rotatable bonds is 5. The summed E-state index contributed by atoms with van der Waals surface area (Å²) in [6, 6.07) is 7.27. The molecule has 4 heteroatoms. The summed E-state index contributed by atoms with van der Waals surface area (Å²) >= 11 is 5.98. The van der Waals surface area contributed by atoms with Gasteiger partial charge in [0.05, 0.1) is 7.11 Å². The maximum Gasteiger partial charge on any atom is 0.330 e. The highest BCUT2D eigenvalue weighted by molar-refractivity contribution is 6.30. The second-order valence-electron chi connectivity index (χ2n) is 4.90. The van der Waals surface area contributed by atoms with Gasteiger partial charge in [0.2, 0.25) is 0 Å². The standard InChI is InChI=1S/C14H20ClNO2/c1-10(2)9-16-14(3,13(17)18-4)11-6-5-7-12(15)8-11/h5-8,10,16H,9H2,1-4H3. The van der Waals surface area contributed by atoms with Crippen LogP contribution in [0.15, 0.2) is 24.3 Å². The Labute approximate surface area is 113 Å². The van der Waals surface area contributed by atoms with E-state index in [2.05, 4.69) is 19.2 Å². The Balaban J connectivity index is 3.07. The fraction of sp³-hybridized carbons (Fsp3) is 0.500. The van der Waals surface area contributed by atoms with Crippen LogP contribution < -0.4 is 5.32 Å². The molecule has 0 aliphatic carbocycles. The minimum absolute atomic E-state index is 0.314. The van der Waals surface area contributed by atoms with E-state index in [0.717, 1.165) is 12.1 Å². The molecule has 0 spiro atoms. The molecule has 0 aliphatic rings. The molecule has 3 nitrogen and oxygen atoms in total. The molecule has 1 aromatic rings. The van der Waals surface area contributed by atoms with Gasteiger partial charge in [-0.25, -0.2) is 4.79 Å². The lowest BCUT2D eigenvalue weighted by Crippen LogP contribution is -2.48. The summed E-state index contributed by atoms with van der Waals surface area (Å²) in [6.07, 6.45) is 0. The van der Waals surface area contributed by atoms with Gasteiger partial charge in [-0.2, -0.15) is 0 Å². The summed E-state index contributed by atoms with van der Waals surface area (Å²) in [5.41, 5.74) is -0.0632. The van der Waals surface area contributed by atoms with E-state index < -0.39 is 5.54 Å². The van der Waals surface area contributed by atoms with Crippen LogP contribution in [0.5, 0.6) is 0 Å². The predicted octanol–water partition coefficient (Wildman–Crippen LogP) is 2.97. The van der Waals surface area contributed by atoms with E-state index in [1.54, 1.807) is 12.1 Å². The number of ether oxygens (including phenoxy) is 1. The summed E-state index contributed by atoms with van der Waals surface area (Å²) < 4.78 is 4.90. The number of esters is 1. The second kappa shape index (κ2) is 6.21. The van der Waals surface area contributed by atoms with Gasteiger partial charge < -0.3 is 4.74 Å². The van der Waals surface area contributed by atoms with E-state index in [9.17, 15) is 4.79 Å². The van der Waals surface area contributed by atoms with Crippen LogP contribution in [0, 0.1) is 5.92 Å². The highest BCUT2D eigenvalue weighted by atomic mass is 35.5. The van der Waals surface area contributed by atoms with Crippen molar-refractivity contribution < 1.29 is 9.53 Å². The van der Waals surface area contributed by atoms with Crippen LogP contribution in [-0.4, -0.2) is 19.6 Å². The van der Waals surface area contributed by atoms with Crippen LogP contribution in [0.2, 0.25) is 5.02 Å². The molecular weight excluding hydrogens is 250 g/mol. The van der Waals surface area contributed by atoms with Crippen molar-refractivity contribution in [2.24, 2.45) is 5.92 Å². The fourth-order valence-electron chi connectivity index (χ4n) is 1.70. The zero-order chi connectivity index (χ0) is 13.8. The Morgan fingerprint density at radius 3 is 2.67 bits per heavy atom. The van der Waals surface area contributed by atoms with Crippen LogP contribution >= 0.6 is 11.6 Å². The highest BCUT2D eigenvalue weighted by Gasteiger charge is 2.36. The summed E-state index contributed by atoms with van der Waals surface area (Å²) in [6.45, 7) is 6.70. The molecule has 0 saturated carbocycles. The smallest absolute Gasteiger partial charge is 0.330 e. The molecule has 18 heavy (non-hydrogen) atoms.